The van der Waals surface area contributed by atoms with Crippen molar-refractivity contribution >= 4 is 15.7 Å². The summed E-state index contributed by atoms with van der Waals surface area (Å²) in [5, 5.41) is 10.8. The van der Waals surface area contributed by atoms with Crippen LogP contribution >= 0.6 is 0 Å². The van der Waals surface area contributed by atoms with Gasteiger partial charge in [0.2, 0.25) is 10.0 Å². The number of nitro groups is 1. The zero-order chi connectivity index (χ0) is 15.1. The molecule has 7 nitrogen and oxygen atoms in total. The lowest BCUT2D eigenvalue weighted by Crippen LogP contribution is -2.32. The van der Waals surface area contributed by atoms with Crippen LogP contribution in [0.15, 0.2) is 23.1 Å². The van der Waals surface area contributed by atoms with Gasteiger partial charge in [0.25, 0.3) is 5.69 Å². The van der Waals surface area contributed by atoms with Gasteiger partial charge in [-0.15, -0.1) is 0 Å². The molecule has 1 aromatic rings. The Hall–Kier alpha value is -1.51. The highest BCUT2D eigenvalue weighted by molar-refractivity contribution is 7.89. The van der Waals surface area contributed by atoms with Crippen molar-refractivity contribution in [2.75, 3.05) is 13.1 Å². The summed E-state index contributed by atoms with van der Waals surface area (Å²) in [6.07, 6.45) is 0. The fourth-order valence-electron chi connectivity index (χ4n) is 2.26. The van der Waals surface area contributed by atoms with Gasteiger partial charge >= 0.3 is 0 Å². The minimum atomic E-state index is -3.74. The van der Waals surface area contributed by atoms with E-state index in [1.54, 1.807) is 6.92 Å². The lowest BCUT2D eigenvalue weighted by molar-refractivity contribution is -0.385. The lowest BCUT2D eigenvalue weighted by Gasteiger charge is -2.17. The van der Waals surface area contributed by atoms with E-state index in [0.29, 0.717) is 12.1 Å². The Kier molecular flexibility index (Phi) is 3.81. The number of aryl methyl sites for hydroxylation is 1. The van der Waals surface area contributed by atoms with E-state index in [9.17, 15) is 18.5 Å². The van der Waals surface area contributed by atoms with Crippen LogP contribution < -0.4 is 5.73 Å². The molecule has 0 saturated carbocycles. The van der Waals surface area contributed by atoms with E-state index >= 15 is 0 Å². The van der Waals surface area contributed by atoms with Crippen LogP contribution in [0.2, 0.25) is 0 Å². The third kappa shape index (κ3) is 2.54. The third-order valence-electron chi connectivity index (χ3n) is 3.64. The molecule has 1 aliphatic rings. The topological polar surface area (TPSA) is 107 Å². The van der Waals surface area contributed by atoms with Gasteiger partial charge in [-0.25, -0.2) is 8.42 Å². The minimum Gasteiger partial charge on any atom is -0.326 e. The van der Waals surface area contributed by atoms with E-state index in [1.807, 2.05) is 6.92 Å². The van der Waals surface area contributed by atoms with Crippen LogP contribution in [0.5, 0.6) is 0 Å². The molecule has 20 heavy (non-hydrogen) atoms. The first-order chi connectivity index (χ1) is 9.23. The standard InChI is InChI=1S/C12H17N3O4S/c1-8-3-4-10(15(16)17)5-12(8)20(18,19)14-6-9(2)11(13)7-14/h3-5,9,11H,6-7,13H2,1-2H3. The van der Waals surface area contributed by atoms with E-state index in [0.717, 1.165) is 6.07 Å². The Morgan fingerprint density at radius 1 is 1.40 bits per heavy atom. The minimum absolute atomic E-state index is 0.0204. The molecule has 1 heterocycles. The number of rotatable bonds is 3. The van der Waals surface area contributed by atoms with Crippen molar-refractivity contribution in [1.29, 1.82) is 0 Å². The highest BCUT2D eigenvalue weighted by Crippen LogP contribution is 2.28. The molecule has 0 radical (unpaired) electrons. The van der Waals surface area contributed by atoms with Gasteiger partial charge in [-0.05, 0) is 18.4 Å². The van der Waals surface area contributed by atoms with Crippen LogP contribution in [0, 0.1) is 23.0 Å². The van der Waals surface area contributed by atoms with Gasteiger partial charge in [-0.2, -0.15) is 4.31 Å². The van der Waals surface area contributed by atoms with E-state index in [4.69, 9.17) is 5.73 Å². The van der Waals surface area contributed by atoms with E-state index in [1.165, 1.54) is 16.4 Å². The van der Waals surface area contributed by atoms with Crippen molar-refractivity contribution in [3.63, 3.8) is 0 Å². The summed E-state index contributed by atoms with van der Waals surface area (Å²) < 4.78 is 26.4. The highest BCUT2D eigenvalue weighted by Gasteiger charge is 2.36. The summed E-state index contributed by atoms with van der Waals surface area (Å²) in [4.78, 5) is 10.2. The van der Waals surface area contributed by atoms with Crippen LogP contribution in [-0.4, -0.2) is 36.8 Å². The smallest absolute Gasteiger partial charge is 0.270 e. The summed E-state index contributed by atoms with van der Waals surface area (Å²) >= 11 is 0. The Bertz CT molecular complexity index is 634. The van der Waals surface area contributed by atoms with E-state index in [-0.39, 0.29) is 29.1 Å². The quantitative estimate of drug-likeness (QED) is 0.658. The number of sulfonamides is 1. The number of non-ortho nitro benzene ring substituents is 1. The number of hydrogen-bond donors (Lipinski definition) is 1. The first kappa shape index (κ1) is 14.9. The molecule has 1 saturated heterocycles. The van der Waals surface area contributed by atoms with Gasteiger partial charge in [0.05, 0.1) is 9.82 Å². The molecule has 0 bridgehead atoms. The number of nitro benzene ring substituents is 1. The molecular weight excluding hydrogens is 282 g/mol. The lowest BCUT2D eigenvalue weighted by atomic mass is 10.1. The first-order valence-electron chi connectivity index (χ1n) is 6.24. The molecule has 0 spiro atoms. The zero-order valence-electron chi connectivity index (χ0n) is 11.3. The van der Waals surface area contributed by atoms with E-state index < -0.39 is 14.9 Å². The van der Waals surface area contributed by atoms with Gasteiger partial charge in [-0.1, -0.05) is 13.0 Å². The molecule has 2 unspecified atom stereocenters. The maximum absolute atomic E-state index is 12.6. The first-order valence-corrected chi connectivity index (χ1v) is 7.68. The average Bonchev–Trinajstić information content (AvgIpc) is 2.70. The predicted molar refractivity (Wildman–Crippen MR) is 73.7 cm³/mol. The molecule has 1 aliphatic heterocycles. The molecule has 1 fully saturated rings. The molecule has 0 aliphatic carbocycles. The van der Waals surface area contributed by atoms with Crippen LogP contribution in [0.3, 0.4) is 0 Å². The Morgan fingerprint density at radius 3 is 2.55 bits per heavy atom. The second-order valence-electron chi connectivity index (χ2n) is 5.17. The molecule has 0 amide bonds. The van der Waals surface area contributed by atoms with Gasteiger partial charge in [-0.3, -0.25) is 10.1 Å². The summed E-state index contributed by atoms with van der Waals surface area (Å²) in [5.41, 5.74) is 6.10. The Morgan fingerprint density at radius 2 is 2.05 bits per heavy atom. The van der Waals surface area contributed by atoms with Crippen LogP contribution in [0.1, 0.15) is 12.5 Å². The van der Waals surface area contributed by atoms with E-state index in [2.05, 4.69) is 0 Å². The van der Waals surface area contributed by atoms with Gasteiger partial charge in [0.15, 0.2) is 0 Å². The second-order valence-corrected chi connectivity index (χ2v) is 7.08. The largest absolute Gasteiger partial charge is 0.326 e. The maximum Gasteiger partial charge on any atom is 0.270 e. The molecule has 8 heteroatoms. The number of nitrogens with zero attached hydrogens (tertiary/aromatic N) is 2. The molecule has 1 aromatic carbocycles. The Labute approximate surface area is 117 Å². The summed E-state index contributed by atoms with van der Waals surface area (Å²) in [6.45, 7) is 4.09. The number of hydrogen-bond acceptors (Lipinski definition) is 5. The molecule has 110 valence electrons. The maximum atomic E-state index is 12.6. The van der Waals surface area contributed by atoms with Gasteiger partial charge in [0.1, 0.15) is 0 Å². The third-order valence-corrected chi connectivity index (χ3v) is 5.61. The molecule has 2 rings (SSSR count). The summed E-state index contributed by atoms with van der Waals surface area (Å²) in [7, 11) is -3.74. The van der Waals surface area contributed by atoms with Crippen molar-refractivity contribution < 1.29 is 13.3 Å². The van der Waals surface area contributed by atoms with Crippen molar-refractivity contribution in [3.8, 4) is 0 Å². The normalized spacial score (nSPS) is 23.9. The van der Waals surface area contributed by atoms with Gasteiger partial charge < -0.3 is 5.73 Å². The van der Waals surface area contributed by atoms with Crippen molar-refractivity contribution in [2.45, 2.75) is 24.8 Å². The fraction of sp³-hybridized carbons (Fsp3) is 0.500. The predicted octanol–water partition coefficient (Wildman–Crippen LogP) is 0.871. The monoisotopic (exact) mass is 299 g/mol. The van der Waals surface area contributed by atoms with Crippen molar-refractivity contribution in [2.24, 2.45) is 11.7 Å². The van der Waals surface area contributed by atoms with Crippen LogP contribution in [0.25, 0.3) is 0 Å². The number of nitrogens with two attached hydrogens (primary N) is 1. The molecule has 2 atom stereocenters. The second kappa shape index (κ2) is 5.12. The fourth-order valence-corrected chi connectivity index (χ4v) is 4.08. The van der Waals surface area contributed by atoms with Crippen LogP contribution in [0.4, 0.5) is 5.69 Å². The molecule has 0 aromatic heterocycles. The van der Waals surface area contributed by atoms with Gasteiger partial charge in [0, 0.05) is 31.3 Å². The highest BCUT2D eigenvalue weighted by atomic mass is 32.2. The molecule has 2 N–H and O–H groups in total. The van der Waals surface area contributed by atoms with Crippen molar-refractivity contribution in [3.05, 3.63) is 33.9 Å². The SMILES string of the molecule is Cc1ccc([N+](=O)[O-])cc1S(=O)(=O)N1CC(C)C(N)C1. The van der Waals surface area contributed by atoms with Crippen LogP contribution in [-0.2, 0) is 10.0 Å². The van der Waals surface area contributed by atoms with Crippen molar-refractivity contribution in [1.82, 2.24) is 4.31 Å². The average molecular weight is 299 g/mol. The summed E-state index contributed by atoms with van der Waals surface area (Å²) in [6, 6.07) is 3.65. The summed E-state index contributed by atoms with van der Waals surface area (Å²) in [5.74, 6) is 0.0729. The Balaban J connectivity index is 2.44. The molecular formula is C12H17N3O4S. The number of benzene rings is 1. The zero-order valence-corrected chi connectivity index (χ0v) is 12.1.